The molecule has 0 bridgehead atoms. The number of rotatable bonds is 3. The number of aliphatic hydroxyl groups is 1. The number of benzene rings is 1. The summed E-state index contributed by atoms with van der Waals surface area (Å²) in [6.45, 7) is 0.476. The summed E-state index contributed by atoms with van der Waals surface area (Å²) in [7, 11) is -0.938. The van der Waals surface area contributed by atoms with E-state index < -0.39 is 13.9 Å². The Bertz CT molecular complexity index is 437. The van der Waals surface area contributed by atoms with Crippen LogP contribution in [0.1, 0.15) is 11.7 Å². The van der Waals surface area contributed by atoms with Crippen LogP contribution < -0.4 is 0 Å². The summed E-state index contributed by atoms with van der Waals surface area (Å²) in [5, 5.41) is 27.9. The van der Waals surface area contributed by atoms with E-state index in [2.05, 4.69) is 0 Å². The molecule has 0 spiro atoms. The van der Waals surface area contributed by atoms with E-state index in [1.807, 2.05) is 19.0 Å². The number of hydrogen-bond acceptors (Lipinski definition) is 5. The van der Waals surface area contributed by atoms with Gasteiger partial charge in [0.15, 0.2) is 11.5 Å². The number of aromatic hydroxyl groups is 2. The lowest BCUT2D eigenvalue weighted by Gasteiger charge is -2.16. The zero-order valence-electron chi connectivity index (χ0n) is 10.5. The van der Waals surface area contributed by atoms with E-state index in [-0.39, 0.29) is 11.5 Å². The Hall–Kier alpha value is -1.15. The standard InChI is InChI=1S/C10H15NO3.H3O4P/c1-11(2)6-10(14)7-3-4-8(12)9(13)5-7;1-5(2,3)4/h3-5,10,12-14H,6H2,1-2H3;(H3,1,2,3,4)/t10-;/m0./s1. The van der Waals surface area contributed by atoms with Crippen LogP contribution in [0.4, 0.5) is 0 Å². The quantitative estimate of drug-likeness (QED) is 0.331. The first-order chi connectivity index (χ1) is 8.50. The highest BCUT2D eigenvalue weighted by Crippen LogP contribution is 2.27. The fourth-order valence-electron chi connectivity index (χ4n) is 1.20. The van der Waals surface area contributed by atoms with E-state index in [9.17, 15) is 10.2 Å². The minimum absolute atomic E-state index is 0.175. The Morgan fingerprint density at radius 2 is 1.63 bits per heavy atom. The van der Waals surface area contributed by atoms with Gasteiger partial charge in [-0.05, 0) is 31.8 Å². The average molecular weight is 295 g/mol. The molecule has 6 N–H and O–H groups in total. The topological polar surface area (TPSA) is 142 Å². The van der Waals surface area contributed by atoms with Gasteiger partial charge in [0.25, 0.3) is 0 Å². The fourth-order valence-corrected chi connectivity index (χ4v) is 1.20. The SMILES string of the molecule is CN(C)C[C@H](O)c1ccc(O)c(O)c1.O=P(O)(O)O. The average Bonchev–Trinajstić information content (AvgIpc) is 2.18. The monoisotopic (exact) mass is 295 g/mol. The third-order valence-electron chi connectivity index (χ3n) is 1.92. The number of phenolic OH excluding ortho intramolecular Hbond substituents is 2. The first-order valence-corrected chi connectivity index (χ1v) is 6.70. The summed E-state index contributed by atoms with van der Waals surface area (Å²) in [4.78, 5) is 23.4. The van der Waals surface area contributed by atoms with Crippen molar-refractivity contribution in [2.45, 2.75) is 6.10 Å². The van der Waals surface area contributed by atoms with Crippen LogP contribution in [0.3, 0.4) is 0 Å². The zero-order valence-corrected chi connectivity index (χ0v) is 11.4. The summed E-state index contributed by atoms with van der Waals surface area (Å²) in [6, 6.07) is 4.32. The molecule has 0 aliphatic carbocycles. The van der Waals surface area contributed by atoms with E-state index in [0.717, 1.165) is 0 Å². The van der Waals surface area contributed by atoms with E-state index in [4.69, 9.17) is 24.4 Å². The molecule has 19 heavy (non-hydrogen) atoms. The minimum Gasteiger partial charge on any atom is -0.504 e. The minimum atomic E-state index is -4.64. The molecule has 110 valence electrons. The van der Waals surface area contributed by atoms with Gasteiger partial charge in [0.1, 0.15) is 0 Å². The maximum Gasteiger partial charge on any atom is 0.466 e. The lowest BCUT2D eigenvalue weighted by molar-refractivity contribution is 0.138. The van der Waals surface area contributed by atoms with Crippen molar-refractivity contribution in [1.29, 1.82) is 0 Å². The molecule has 9 heteroatoms. The van der Waals surface area contributed by atoms with Gasteiger partial charge in [0, 0.05) is 6.54 Å². The number of aliphatic hydroxyl groups excluding tert-OH is 1. The predicted octanol–water partition coefficient (Wildman–Crippen LogP) is -0.236. The Kier molecular flexibility index (Phi) is 6.99. The predicted molar refractivity (Wildman–Crippen MR) is 67.5 cm³/mol. The van der Waals surface area contributed by atoms with Crippen LogP contribution in [0.25, 0.3) is 0 Å². The molecular weight excluding hydrogens is 277 g/mol. The fraction of sp³-hybridized carbons (Fsp3) is 0.400. The molecule has 1 aromatic carbocycles. The molecule has 1 rings (SSSR count). The Morgan fingerprint density at radius 1 is 1.16 bits per heavy atom. The molecule has 1 atom stereocenters. The third-order valence-corrected chi connectivity index (χ3v) is 1.92. The lowest BCUT2D eigenvalue weighted by Crippen LogP contribution is -2.19. The van der Waals surface area contributed by atoms with Gasteiger partial charge in [-0.1, -0.05) is 6.07 Å². The normalized spacial score (nSPS) is 12.8. The molecule has 1 aromatic rings. The highest BCUT2D eigenvalue weighted by molar-refractivity contribution is 7.45. The zero-order chi connectivity index (χ0) is 15.2. The molecule has 0 saturated heterocycles. The summed E-state index contributed by atoms with van der Waals surface area (Å²) >= 11 is 0. The first-order valence-electron chi connectivity index (χ1n) is 5.13. The summed E-state index contributed by atoms with van der Waals surface area (Å²) in [6.07, 6.45) is -0.656. The van der Waals surface area contributed by atoms with Crippen LogP contribution in [0.15, 0.2) is 18.2 Å². The van der Waals surface area contributed by atoms with Gasteiger partial charge in [-0.15, -0.1) is 0 Å². The molecule has 0 fully saturated rings. The molecule has 0 heterocycles. The Labute approximate surface area is 110 Å². The molecule has 0 saturated carbocycles. The second-order valence-electron chi connectivity index (χ2n) is 4.04. The first kappa shape index (κ1) is 17.8. The molecule has 0 amide bonds. The van der Waals surface area contributed by atoms with Crippen molar-refractivity contribution in [3.05, 3.63) is 23.8 Å². The van der Waals surface area contributed by atoms with Crippen LogP contribution in [0.2, 0.25) is 0 Å². The smallest absolute Gasteiger partial charge is 0.466 e. The summed E-state index contributed by atoms with van der Waals surface area (Å²) in [5.41, 5.74) is 0.592. The van der Waals surface area contributed by atoms with Crippen molar-refractivity contribution >= 4 is 7.82 Å². The largest absolute Gasteiger partial charge is 0.504 e. The Balaban J connectivity index is 0.000000555. The maximum atomic E-state index is 9.67. The molecule has 0 unspecified atom stereocenters. The van der Waals surface area contributed by atoms with E-state index in [1.54, 1.807) is 6.07 Å². The van der Waals surface area contributed by atoms with Crippen molar-refractivity contribution in [1.82, 2.24) is 4.90 Å². The van der Waals surface area contributed by atoms with Crippen molar-refractivity contribution < 1.29 is 34.6 Å². The number of likely N-dealkylation sites (N-methyl/N-ethyl adjacent to an activating group) is 1. The molecule has 0 aromatic heterocycles. The highest BCUT2D eigenvalue weighted by atomic mass is 31.2. The maximum absolute atomic E-state index is 9.67. The lowest BCUT2D eigenvalue weighted by atomic mass is 10.1. The van der Waals surface area contributed by atoms with Crippen LogP contribution in [-0.4, -0.2) is 55.5 Å². The van der Waals surface area contributed by atoms with Crippen molar-refractivity contribution in [3.8, 4) is 11.5 Å². The molecule has 0 aliphatic heterocycles. The summed E-state index contributed by atoms with van der Waals surface area (Å²) in [5.74, 6) is -0.383. The summed E-state index contributed by atoms with van der Waals surface area (Å²) < 4.78 is 8.88. The second kappa shape index (κ2) is 7.44. The van der Waals surface area contributed by atoms with Gasteiger partial charge >= 0.3 is 7.82 Å². The van der Waals surface area contributed by atoms with Crippen LogP contribution in [-0.2, 0) is 4.57 Å². The van der Waals surface area contributed by atoms with Crippen LogP contribution in [0, 0.1) is 0 Å². The molecular formula is C10H18NO7P. The van der Waals surface area contributed by atoms with E-state index in [0.29, 0.717) is 12.1 Å². The van der Waals surface area contributed by atoms with Gasteiger partial charge < -0.3 is 34.9 Å². The molecule has 0 radical (unpaired) electrons. The molecule has 0 aliphatic rings. The highest BCUT2D eigenvalue weighted by Gasteiger charge is 2.10. The number of phosphoric acid groups is 1. The van der Waals surface area contributed by atoms with Crippen LogP contribution >= 0.6 is 7.82 Å². The van der Waals surface area contributed by atoms with E-state index >= 15 is 0 Å². The van der Waals surface area contributed by atoms with Crippen molar-refractivity contribution in [2.24, 2.45) is 0 Å². The Morgan fingerprint density at radius 3 is 2.00 bits per heavy atom. The number of hydrogen-bond donors (Lipinski definition) is 6. The van der Waals surface area contributed by atoms with Gasteiger partial charge in [0.05, 0.1) is 6.10 Å². The van der Waals surface area contributed by atoms with Gasteiger partial charge in [-0.2, -0.15) is 0 Å². The van der Waals surface area contributed by atoms with Gasteiger partial charge in [-0.25, -0.2) is 4.57 Å². The van der Waals surface area contributed by atoms with Crippen molar-refractivity contribution in [3.63, 3.8) is 0 Å². The van der Waals surface area contributed by atoms with Crippen molar-refractivity contribution in [2.75, 3.05) is 20.6 Å². The van der Waals surface area contributed by atoms with Gasteiger partial charge in [0.2, 0.25) is 0 Å². The second-order valence-corrected chi connectivity index (χ2v) is 5.07. The van der Waals surface area contributed by atoms with Gasteiger partial charge in [-0.3, -0.25) is 0 Å². The number of phenols is 2. The van der Waals surface area contributed by atoms with Crippen LogP contribution in [0.5, 0.6) is 11.5 Å². The van der Waals surface area contributed by atoms with E-state index in [1.165, 1.54) is 12.1 Å². The number of nitrogens with zero attached hydrogens (tertiary/aromatic N) is 1. The third kappa shape index (κ3) is 9.43. The molecule has 8 nitrogen and oxygen atoms in total.